The summed E-state index contributed by atoms with van der Waals surface area (Å²) in [4.78, 5) is 18.6. The number of para-hydroxylation sites is 1. The van der Waals surface area contributed by atoms with Gasteiger partial charge in [0.05, 0.1) is 0 Å². The molecule has 0 aromatic heterocycles. The van der Waals surface area contributed by atoms with Crippen molar-refractivity contribution in [2.24, 2.45) is 5.92 Å². The van der Waals surface area contributed by atoms with Gasteiger partial charge < -0.3 is 24.0 Å². The van der Waals surface area contributed by atoms with E-state index in [0.717, 1.165) is 48.6 Å². The van der Waals surface area contributed by atoms with E-state index in [4.69, 9.17) is 14.2 Å². The Kier molecular flexibility index (Phi) is 4.61. The SMILES string of the molecule is CC(C)N1CCC(CCN2C(=O)C3(COc4cc5c(cc43)OCO5)c3ccccc32)CC1. The Morgan fingerprint density at radius 1 is 1.00 bits per heavy atom. The minimum Gasteiger partial charge on any atom is -0.491 e. The number of piperidine rings is 1. The van der Waals surface area contributed by atoms with Gasteiger partial charge >= 0.3 is 0 Å². The molecule has 6 rings (SSSR count). The second-order valence-electron chi connectivity index (χ2n) is 9.73. The fourth-order valence-electron chi connectivity index (χ4n) is 5.86. The lowest BCUT2D eigenvalue weighted by Crippen LogP contribution is -2.43. The molecule has 1 amide bonds. The van der Waals surface area contributed by atoms with Gasteiger partial charge in [-0.2, -0.15) is 0 Å². The summed E-state index contributed by atoms with van der Waals surface area (Å²) >= 11 is 0. The van der Waals surface area contributed by atoms with Gasteiger partial charge in [0, 0.05) is 29.9 Å². The van der Waals surface area contributed by atoms with Gasteiger partial charge in [-0.3, -0.25) is 4.79 Å². The third-order valence-electron chi connectivity index (χ3n) is 7.78. The standard InChI is InChI=1S/C26H30N2O4/c1-17(2)27-10-7-18(8-11-27)9-12-28-21-6-4-3-5-19(21)26(25(28)29)15-30-22-14-24-23(13-20(22)26)31-16-32-24/h3-6,13-14,17-18H,7-12,15-16H2,1-2H3. The van der Waals surface area contributed by atoms with Crippen molar-refractivity contribution in [1.82, 2.24) is 4.90 Å². The van der Waals surface area contributed by atoms with Crippen LogP contribution >= 0.6 is 0 Å². The molecule has 0 radical (unpaired) electrons. The number of anilines is 1. The molecule has 4 aliphatic rings. The molecule has 0 bridgehead atoms. The van der Waals surface area contributed by atoms with E-state index >= 15 is 0 Å². The number of benzene rings is 2. The normalized spacial score (nSPS) is 24.3. The van der Waals surface area contributed by atoms with Gasteiger partial charge in [0.2, 0.25) is 12.7 Å². The fraction of sp³-hybridized carbons (Fsp3) is 0.500. The Bertz CT molecular complexity index is 1060. The van der Waals surface area contributed by atoms with Crippen LogP contribution in [0.3, 0.4) is 0 Å². The zero-order chi connectivity index (χ0) is 21.9. The summed E-state index contributed by atoms with van der Waals surface area (Å²) in [5.74, 6) is 2.89. The first-order chi connectivity index (χ1) is 15.6. The van der Waals surface area contributed by atoms with E-state index in [2.05, 4.69) is 30.9 Å². The van der Waals surface area contributed by atoms with E-state index in [0.29, 0.717) is 30.1 Å². The van der Waals surface area contributed by atoms with Crippen LogP contribution in [0.2, 0.25) is 0 Å². The Morgan fingerprint density at radius 3 is 2.53 bits per heavy atom. The zero-order valence-corrected chi connectivity index (χ0v) is 18.8. The number of ether oxygens (including phenoxy) is 3. The number of likely N-dealkylation sites (tertiary alicyclic amines) is 1. The number of hydrogen-bond acceptors (Lipinski definition) is 5. The Balaban J connectivity index is 1.28. The van der Waals surface area contributed by atoms with Crippen molar-refractivity contribution in [3.05, 3.63) is 47.5 Å². The van der Waals surface area contributed by atoms with Gasteiger partial charge in [0.15, 0.2) is 11.5 Å². The fourth-order valence-corrected chi connectivity index (χ4v) is 5.86. The van der Waals surface area contributed by atoms with Crippen molar-refractivity contribution in [3.8, 4) is 17.2 Å². The lowest BCUT2D eigenvalue weighted by Gasteiger charge is -2.35. The van der Waals surface area contributed by atoms with Crippen LogP contribution in [0.1, 0.15) is 44.2 Å². The van der Waals surface area contributed by atoms with E-state index in [-0.39, 0.29) is 12.7 Å². The first kappa shape index (κ1) is 19.9. The monoisotopic (exact) mass is 434 g/mol. The molecule has 0 saturated carbocycles. The molecule has 1 unspecified atom stereocenters. The van der Waals surface area contributed by atoms with Crippen LogP contribution in [0.25, 0.3) is 0 Å². The predicted octanol–water partition coefficient (Wildman–Crippen LogP) is 3.95. The van der Waals surface area contributed by atoms with Gasteiger partial charge in [-0.25, -0.2) is 0 Å². The molecular weight excluding hydrogens is 404 g/mol. The molecule has 0 N–H and O–H groups in total. The summed E-state index contributed by atoms with van der Waals surface area (Å²) in [7, 11) is 0. The maximum Gasteiger partial charge on any atom is 0.245 e. The third-order valence-corrected chi connectivity index (χ3v) is 7.78. The minimum atomic E-state index is -0.798. The van der Waals surface area contributed by atoms with Crippen LogP contribution in [0.5, 0.6) is 17.2 Å². The van der Waals surface area contributed by atoms with E-state index in [1.165, 1.54) is 12.8 Å². The molecule has 168 valence electrons. The highest BCUT2D eigenvalue weighted by Crippen LogP contribution is 2.55. The number of fused-ring (bicyclic) bond motifs is 5. The molecule has 4 aliphatic heterocycles. The van der Waals surface area contributed by atoms with Crippen molar-refractivity contribution in [3.63, 3.8) is 0 Å². The summed E-state index contributed by atoms with van der Waals surface area (Å²) in [6.45, 7) is 8.14. The third kappa shape index (κ3) is 2.85. The molecule has 32 heavy (non-hydrogen) atoms. The van der Waals surface area contributed by atoms with Gasteiger partial charge in [-0.1, -0.05) is 18.2 Å². The van der Waals surface area contributed by atoms with Crippen LogP contribution in [0, 0.1) is 5.92 Å². The largest absolute Gasteiger partial charge is 0.491 e. The van der Waals surface area contributed by atoms with Gasteiger partial charge in [-0.15, -0.1) is 0 Å². The molecular formula is C26H30N2O4. The summed E-state index contributed by atoms with van der Waals surface area (Å²) < 4.78 is 17.2. The van der Waals surface area contributed by atoms with Crippen molar-refractivity contribution >= 4 is 11.6 Å². The van der Waals surface area contributed by atoms with Crippen molar-refractivity contribution in [2.45, 2.75) is 44.6 Å². The van der Waals surface area contributed by atoms with Crippen LogP contribution in [0.4, 0.5) is 5.69 Å². The number of amides is 1. The average Bonchev–Trinajstić information content (AvgIpc) is 3.48. The van der Waals surface area contributed by atoms with Gasteiger partial charge in [0.1, 0.15) is 17.8 Å². The predicted molar refractivity (Wildman–Crippen MR) is 122 cm³/mol. The average molecular weight is 435 g/mol. The van der Waals surface area contributed by atoms with Crippen LogP contribution in [0.15, 0.2) is 36.4 Å². The van der Waals surface area contributed by atoms with Gasteiger partial charge in [-0.05, 0) is 69.8 Å². The quantitative estimate of drug-likeness (QED) is 0.729. The second-order valence-corrected chi connectivity index (χ2v) is 9.73. The Hall–Kier alpha value is -2.73. The van der Waals surface area contributed by atoms with E-state index in [1.54, 1.807) is 0 Å². The second kappa shape index (κ2) is 7.41. The summed E-state index contributed by atoms with van der Waals surface area (Å²) in [6.07, 6.45) is 3.46. The van der Waals surface area contributed by atoms with E-state index in [1.807, 2.05) is 29.2 Å². The summed E-state index contributed by atoms with van der Waals surface area (Å²) in [5, 5.41) is 0. The number of carbonyl (C=O) groups excluding carboxylic acids is 1. The molecule has 0 aliphatic carbocycles. The molecule has 1 saturated heterocycles. The maximum absolute atomic E-state index is 14.0. The number of rotatable bonds is 4. The number of carbonyl (C=O) groups is 1. The van der Waals surface area contributed by atoms with Crippen LogP contribution in [-0.2, 0) is 10.2 Å². The molecule has 6 heteroatoms. The minimum absolute atomic E-state index is 0.121. The molecule has 1 atom stereocenters. The van der Waals surface area contributed by atoms with Gasteiger partial charge in [0.25, 0.3) is 0 Å². The van der Waals surface area contributed by atoms with Crippen molar-refractivity contribution < 1.29 is 19.0 Å². The van der Waals surface area contributed by atoms with Crippen LogP contribution < -0.4 is 19.1 Å². The highest BCUT2D eigenvalue weighted by atomic mass is 16.7. The first-order valence-corrected chi connectivity index (χ1v) is 11.8. The molecule has 1 fully saturated rings. The summed E-state index contributed by atoms with van der Waals surface area (Å²) in [6, 6.07) is 12.6. The van der Waals surface area contributed by atoms with Crippen molar-refractivity contribution in [2.75, 3.05) is 37.9 Å². The topological polar surface area (TPSA) is 51.2 Å². The van der Waals surface area contributed by atoms with Crippen LogP contribution in [-0.4, -0.2) is 49.9 Å². The maximum atomic E-state index is 14.0. The number of hydrogen-bond donors (Lipinski definition) is 0. The lowest BCUT2D eigenvalue weighted by atomic mass is 9.77. The first-order valence-electron chi connectivity index (χ1n) is 11.8. The molecule has 2 aromatic rings. The Morgan fingerprint density at radius 2 is 1.75 bits per heavy atom. The highest BCUT2D eigenvalue weighted by molar-refractivity contribution is 6.11. The summed E-state index contributed by atoms with van der Waals surface area (Å²) in [5.41, 5.74) is 2.16. The smallest absolute Gasteiger partial charge is 0.245 e. The molecule has 1 spiro atoms. The molecule has 6 nitrogen and oxygen atoms in total. The molecule has 4 heterocycles. The lowest BCUT2D eigenvalue weighted by molar-refractivity contribution is -0.122. The van der Waals surface area contributed by atoms with E-state index in [9.17, 15) is 4.79 Å². The molecule has 2 aromatic carbocycles. The number of nitrogens with zero attached hydrogens (tertiary/aromatic N) is 2. The zero-order valence-electron chi connectivity index (χ0n) is 18.8. The van der Waals surface area contributed by atoms with E-state index < -0.39 is 5.41 Å². The van der Waals surface area contributed by atoms with Crippen molar-refractivity contribution in [1.29, 1.82) is 0 Å². The highest BCUT2D eigenvalue weighted by Gasteiger charge is 2.57. The Labute approximate surface area is 189 Å².